The molecule has 3 unspecified atom stereocenters. The van der Waals surface area contributed by atoms with Gasteiger partial charge in [0, 0.05) is 11.3 Å². The molecule has 4 atom stereocenters. The van der Waals surface area contributed by atoms with Crippen molar-refractivity contribution in [1.29, 1.82) is 0 Å². The van der Waals surface area contributed by atoms with Crippen molar-refractivity contribution in [2.45, 2.75) is 25.0 Å². The summed E-state index contributed by atoms with van der Waals surface area (Å²) in [5.74, 6) is -0.0181. The fourth-order valence-electron chi connectivity index (χ4n) is 4.64. The van der Waals surface area contributed by atoms with Crippen LogP contribution in [0.15, 0.2) is 73.3 Å². The van der Waals surface area contributed by atoms with Crippen LogP contribution in [0.3, 0.4) is 0 Å². The third-order valence-electron chi connectivity index (χ3n) is 5.77. The predicted molar refractivity (Wildman–Crippen MR) is 97.1 cm³/mol. The van der Waals surface area contributed by atoms with Crippen LogP contribution in [0.1, 0.15) is 24.0 Å². The van der Waals surface area contributed by atoms with Gasteiger partial charge in [0.1, 0.15) is 0 Å². The van der Waals surface area contributed by atoms with E-state index in [4.69, 9.17) is 0 Å². The third kappa shape index (κ3) is 2.10. The Hall–Kier alpha value is -2.16. The quantitative estimate of drug-likeness (QED) is 0.900. The normalized spacial score (nSPS) is 31.6. The average molecular weight is 318 g/mol. The van der Waals surface area contributed by atoms with Crippen molar-refractivity contribution in [3.8, 4) is 0 Å². The Morgan fingerprint density at radius 3 is 2.25 bits per heavy atom. The Kier molecular flexibility index (Phi) is 3.67. The first-order chi connectivity index (χ1) is 11.6. The molecule has 2 N–H and O–H groups in total. The van der Waals surface area contributed by atoms with Gasteiger partial charge in [-0.3, -0.25) is 0 Å². The van der Waals surface area contributed by atoms with Crippen molar-refractivity contribution in [2.24, 2.45) is 11.3 Å². The smallest absolute Gasteiger partial charge is 0.0842 e. The van der Waals surface area contributed by atoms with E-state index in [1.807, 2.05) is 36.4 Å². The first-order valence-electron chi connectivity index (χ1n) is 8.51. The molecule has 0 aliphatic heterocycles. The lowest BCUT2D eigenvalue weighted by molar-refractivity contribution is 0.0204. The number of benzene rings is 2. The molecule has 0 aromatic heterocycles. The molecule has 0 spiro atoms. The fraction of sp³-hybridized carbons (Fsp3) is 0.273. The highest BCUT2D eigenvalue weighted by molar-refractivity contribution is 5.88. The van der Waals surface area contributed by atoms with E-state index in [1.54, 1.807) is 0 Å². The van der Waals surface area contributed by atoms with Crippen molar-refractivity contribution in [1.82, 2.24) is 0 Å². The lowest BCUT2D eigenvalue weighted by atomic mass is 9.66. The summed E-state index contributed by atoms with van der Waals surface area (Å²) in [5, 5.41) is 21.0. The maximum Gasteiger partial charge on any atom is 0.0842 e. The van der Waals surface area contributed by atoms with Crippen LogP contribution in [0.5, 0.6) is 0 Å². The molecule has 0 saturated heterocycles. The lowest BCUT2D eigenvalue weighted by Gasteiger charge is -2.36. The summed E-state index contributed by atoms with van der Waals surface area (Å²) < 4.78 is 0. The Morgan fingerprint density at radius 2 is 1.58 bits per heavy atom. The number of hydrogen-bond donors (Lipinski definition) is 2. The van der Waals surface area contributed by atoms with E-state index in [0.29, 0.717) is 6.42 Å². The van der Waals surface area contributed by atoms with Crippen molar-refractivity contribution in [3.05, 3.63) is 84.4 Å². The van der Waals surface area contributed by atoms with Crippen LogP contribution in [-0.2, 0) is 0 Å². The zero-order valence-corrected chi connectivity index (χ0v) is 13.6. The topological polar surface area (TPSA) is 40.5 Å². The summed E-state index contributed by atoms with van der Waals surface area (Å²) in [4.78, 5) is 0. The molecule has 122 valence electrons. The minimum Gasteiger partial charge on any atom is -0.390 e. The van der Waals surface area contributed by atoms with Crippen molar-refractivity contribution in [2.75, 3.05) is 0 Å². The zero-order chi connectivity index (χ0) is 16.7. The molecule has 2 aliphatic carbocycles. The molecular weight excluding hydrogens is 296 g/mol. The van der Waals surface area contributed by atoms with Crippen LogP contribution in [0, 0.1) is 11.3 Å². The Labute approximate surface area is 142 Å². The van der Waals surface area contributed by atoms with Crippen molar-refractivity contribution < 1.29 is 10.2 Å². The molecule has 2 nitrogen and oxygen atoms in total. The van der Waals surface area contributed by atoms with E-state index in [2.05, 4.69) is 36.9 Å². The fourth-order valence-corrected chi connectivity index (χ4v) is 4.64. The number of rotatable bonds is 3. The van der Waals surface area contributed by atoms with Crippen LogP contribution < -0.4 is 0 Å². The van der Waals surface area contributed by atoms with Crippen molar-refractivity contribution >= 4 is 11.1 Å². The Morgan fingerprint density at radius 1 is 0.958 bits per heavy atom. The van der Waals surface area contributed by atoms with Gasteiger partial charge >= 0.3 is 0 Å². The molecular formula is C22H22O2. The van der Waals surface area contributed by atoms with Crippen LogP contribution >= 0.6 is 0 Å². The van der Waals surface area contributed by atoms with E-state index >= 15 is 0 Å². The molecule has 2 heteroatoms. The molecule has 2 aliphatic rings. The minimum absolute atomic E-state index is 0.0181. The van der Waals surface area contributed by atoms with Crippen LogP contribution in [-0.4, -0.2) is 22.4 Å². The summed E-state index contributed by atoms with van der Waals surface area (Å²) in [5.41, 5.74) is 4.02. The van der Waals surface area contributed by atoms with E-state index in [0.717, 1.165) is 23.1 Å². The highest BCUT2D eigenvalue weighted by atomic mass is 16.3. The Balaban J connectivity index is 1.86. The zero-order valence-electron chi connectivity index (χ0n) is 13.6. The number of allylic oxidation sites excluding steroid dienone is 3. The van der Waals surface area contributed by atoms with Gasteiger partial charge in [-0.05, 0) is 35.1 Å². The molecule has 0 heterocycles. The molecule has 2 aromatic carbocycles. The van der Waals surface area contributed by atoms with E-state index in [1.165, 1.54) is 5.57 Å². The van der Waals surface area contributed by atoms with Crippen LogP contribution in [0.25, 0.3) is 11.1 Å². The lowest BCUT2D eigenvalue weighted by Crippen LogP contribution is -2.29. The largest absolute Gasteiger partial charge is 0.390 e. The van der Waals surface area contributed by atoms with E-state index in [9.17, 15) is 10.2 Å². The predicted octanol–water partition coefficient (Wildman–Crippen LogP) is 3.92. The molecule has 0 bridgehead atoms. The van der Waals surface area contributed by atoms with Gasteiger partial charge in [0.2, 0.25) is 0 Å². The number of aliphatic hydroxyl groups excluding tert-OH is 2. The highest BCUT2D eigenvalue weighted by Gasteiger charge is 2.58. The van der Waals surface area contributed by atoms with Gasteiger partial charge in [-0.25, -0.2) is 0 Å². The second-order valence-corrected chi connectivity index (χ2v) is 6.90. The molecule has 24 heavy (non-hydrogen) atoms. The standard InChI is InChI=1S/C22H22O2/c1-15(16-8-4-2-5-9-16)22-14-20(23)21(24)19(22)13-12-18(22)17-10-6-3-7-11-17/h2-12,19-21,23-24H,1,13-14H2/t19?,20?,21?,22-/m1/s1. The third-order valence-corrected chi connectivity index (χ3v) is 5.77. The molecule has 2 aromatic rings. The molecule has 0 radical (unpaired) electrons. The second-order valence-electron chi connectivity index (χ2n) is 6.90. The van der Waals surface area contributed by atoms with Gasteiger partial charge in [0.15, 0.2) is 0 Å². The average Bonchev–Trinajstić information content (AvgIpc) is 3.12. The molecule has 4 rings (SSSR count). The van der Waals surface area contributed by atoms with E-state index in [-0.39, 0.29) is 5.92 Å². The summed E-state index contributed by atoms with van der Waals surface area (Å²) in [6.07, 6.45) is 2.11. The maximum atomic E-state index is 10.6. The molecule has 1 saturated carbocycles. The van der Waals surface area contributed by atoms with Gasteiger partial charge in [-0.2, -0.15) is 0 Å². The van der Waals surface area contributed by atoms with Gasteiger partial charge < -0.3 is 10.2 Å². The van der Waals surface area contributed by atoms with Gasteiger partial charge in [-0.15, -0.1) is 0 Å². The first kappa shape index (κ1) is 15.4. The van der Waals surface area contributed by atoms with Crippen LogP contribution in [0.2, 0.25) is 0 Å². The summed E-state index contributed by atoms with van der Waals surface area (Å²) in [7, 11) is 0. The first-order valence-corrected chi connectivity index (χ1v) is 8.51. The number of aliphatic hydroxyl groups is 2. The van der Waals surface area contributed by atoms with E-state index < -0.39 is 17.6 Å². The monoisotopic (exact) mass is 318 g/mol. The summed E-state index contributed by atoms with van der Waals surface area (Å²) in [6, 6.07) is 20.4. The maximum absolute atomic E-state index is 10.6. The molecule has 0 amide bonds. The minimum atomic E-state index is -0.706. The summed E-state index contributed by atoms with van der Waals surface area (Å²) >= 11 is 0. The summed E-state index contributed by atoms with van der Waals surface area (Å²) in [6.45, 7) is 4.42. The van der Waals surface area contributed by atoms with Gasteiger partial charge in [0.05, 0.1) is 12.2 Å². The van der Waals surface area contributed by atoms with Gasteiger partial charge in [-0.1, -0.05) is 73.3 Å². The van der Waals surface area contributed by atoms with Crippen molar-refractivity contribution in [3.63, 3.8) is 0 Å². The highest BCUT2D eigenvalue weighted by Crippen LogP contribution is 2.63. The Bertz CT molecular complexity index is 778. The second kappa shape index (κ2) is 5.73. The van der Waals surface area contributed by atoms with Gasteiger partial charge in [0.25, 0.3) is 0 Å². The SMILES string of the molecule is C=C(c1ccccc1)[C@@]12CC(O)C(O)C1CC=C2c1ccccc1. The number of hydrogen-bond acceptors (Lipinski definition) is 2. The molecule has 1 fully saturated rings. The van der Waals surface area contributed by atoms with Crippen LogP contribution in [0.4, 0.5) is 0 Å². The number of fused-ring (bicyclic) bond motifs is 1.